The summed E-state index contributed by atoms with van der Waals surface area (Å²) in [4.78, 5) is 6.51. The highest BCUT2D eigenvalue weighted by atomic mass is 19.4. The number of rotatable bonds is 6. The Morgan fingerprint density at radius 1 is 1.08 bits per heavy atom. The molecular formula is C26H23F5N4O2. The van der Waals surface area contributed by atoms with Crippen molar-refractivity contribution in [3.05, 3.63) is 65.9 Å². The van der Waals surface area contributed by atoms with Crippen LogP contribution in [0.15, 0.2) is 54.6 Å². The molecule has 6 nitrogen and oxygen atoms in total. The summed E-state index contributed by atoms with van der Waals surface area (Å²) in [6.45, 7) is 0.419. The van der Waals surface area contributed by atoms with E-state index in [1.165, 1.54) is 29.8 Å². The molecule has 11 heteroatoms. The van der Waals surface area contributed by atoms with Gasteiger partial charge in [-0.2, -0.15) is 18.3 Å². The standard InChI is InChI=1S/C26H23F5N4O2/c1-37-19-9-7-15(8-10-19)22-23(24(27)28)33-35-20(16-4-2-5-17(12-16)26(29,30)31)13-21(32-25(22)35)34-11-3-6-18(34)14-36/h2,4-5,7-10,12-13,18,24,36H,3,6,11,14H2,1H3. The smallest absolute Gasteiger partial charge is 0.416 e. The summed E-state index contributed by atoms with van der Waals surface area (Å²) in [5, 5.41) is 14.0. The average Bonchev–Trinajstić information content (AvgIpc) is 3.52. The van der Waals surface area contributed by atoms with Crippen LogP contribution in [0, 0.1) is 0 Å². The Bertz CT molecular complexity index is 1420. The van der Waals surface area contributed by atoms with Gasteiger partial charge in [0.1, 0.15) is 17.3 Å². The number of aromatic nitrogens is 3. The molecule has 0 spiro atoms. The van der Waals surface area contributed by atoms with Gasteiger partial charge in [-0.05, 0) is 42.7 Å². The number of alkyl halides is 5. The third-order valence-electron chi connectivity index (χ3n) is 6.56. The second-order valence-electron chi connectivity index (χ2n) is 8.78. The Hall–Kier alpha value is -3.73. The highest BCUT2D eigenvalue weighted by molar-refractivity contribution is 5.83. The lowest BCUT2D eigenvalue weighted by Crippen LogP contribution is -2.32. The summed E-state index contributed by atoms with van der Waals surface area (Å²) in [6, 6.07) is 12.4. The molecule has 2 aromatic carbocycles. The van der Waals surface area contributed by atoms with Gasteiger partial charge in [0, 0.05) is 18.2 Å². The van der Waals surface area contributed by atoms with E-state index in [9.17, 15) is 27.1 Å². The minimum atomic E-state index is -4.59. The van der Waals surface area contributed by atoms with Gasteiger partial charge in [-0.25, -0.2) is 18.3 Å². The largest absolute Gasteiger partial charge is 0.497 e. The van der Waals surface area contributed by atoms with Gasteiger partial charge >= 0.3 is 6.18 Å². The maximum atomic E-state index is 14.2. The number of ether oxygens (including phenoxy) is 1. The molecular weight excluding hydrogens is 495 g/mol. The summed E-state index contributed by atoms with van der Waals surface area (Å²) in [5.74, 6) is 0.895. The van der Waals surface area contributed by atoms with E-state index in [2.05, 4.69) is 10.1 Å². The zero-order valence-electron chi connectivity index (χ0n) is 19.7. The zero-order chi connectivity index (χ0) is 26.3. The van der Waals surface area contributed by atoms with Gasteiger partial charge in [-0.15, -0.1) is 0 Å². The molecule has 194 valence electrons. The van der Waals surface area contributed by atoms with Gasteiger partial charge in [-0.1, -0.05) is 24.3 Å². The minimum absolute atomic E-state index is 0.0764. The third-order valence-corrected chi connectivity index (χ3v) is 6.56. The number of halogens is 5. The van der Waals surface area contributed by atoms with Crippen molar-refractivity contribution in [1.29, 1.82) is 0 Å². The normalized spacial score (nSPS) is 16.2. The summed E-state index contributed by atoms with van der Waals surface area (Å²) in [7, 11) is 1.48. The fourth-order valence-corrected chi connectivity index (χ4v) is 4.74. The van der Waals surface area contributed by atoms with Gasteiger partial charge in [0.05, 0.1) is 36.6 Å². The first-order valence-corrected chi connectivity index (χ1v) is 11.6. The second-order valence-corrected chi connectivity index (χ2v) is 8.78. The number of hydrogen-bond acceptors (Lipinski definition) is 5. The fraction of sp³-hybridized carbons (Fsp3) is 0.308. The van der Waals surface area contributed by atoms with E-state index in [0.29, 0.717) is 30.1 Å². The minimum Gasteiger partial charge on any atom is -0.497 e. The number of benzene rings is 2. The van der Waals surface area contributed by atoms with E-state index in [1.807, 2.05) is 4.90 Å². The summed E-state index contributed by atoms with van der Waals surface area (Å²) in [6.07, 6.45) is -6.07. The molecule has 5 rings (SSSR count). The van der Waals surface area contributed by atoms with Crippen LogP contribution >= 0.6 is 0 Å². The molecule has 0 aliphatic carbocycles. The highest BCUT2D eigenvalue weighted by Crippen LogP contribution is 2.39. The molecule has 0 saturated carbocycles. The Morgan fingerprint density at radius 3 is 2.49 bits per heavy atom. The van der Waals surface area contributed by atoms with Gasteiger partial charge in [0.2, 0.25) is 0 Å². The molecule has 0 bridgehead atoms. The molecule has 1 N–H and O–H groups in total. The van der Waals surface area contributed by atoms with Crippen LogP contribution in [0.4, 0.5) is 27.8 Å². The molecule has 1 fully saturated rings. The van der Waals surface area contributed by atoms with Crippen LogP contribution in [0.1, 0.15) is 30.5 Å². The van der Waals surface area contributed by atoms with Crippen LogP contribution in [0.3, 0.4) is 0 Å². The Balaban J connectivity index is 1.81. The molecule has 1 aliphatic heterocycles. The maximum Gasteiger partial charge on any atom is 0.416 e. The van der Waals surface area contributed by atoms with Crippen molar-refractivity contribution >= 4 is 11.5 Å². The predicted molar refractivity (Wildman–Crippen MR) is 128 cm³/mol. The van der Waals surface area contributed by atoms with E-state index < -0.39 is 23.9 Å². The highest BCUT2D eigenvalue weighted by Gasteiger charge is 2.32. The molecule has 0 amide bonds. The fourth-order valence-electron chi connectivity index (χ4n) is 4.74. The molecule has 0 radical (unpaired) electrons. The molecule has 1 atom stereocenters. The Kier molecular flexibility index (Phi) is 6.49. The monoisotopic (exact) mass is 518 g/mol. The third kappa shape index (κ3) is 4.59. The maximum absolute atomic E-state index is 14.2. The average molecular weight is 518 g/mol. The number of methoxy groups -OCH3 is 1. The van der Waals surface area contributed by atoms with Crippen molar-refractivity contribution in [1.82, 2.24) is 14.6 Å². The number of fused-ring (bicyclic) bond motifs is 1. The summed E-state index contributed by atoms with van der Waals surface area (Å²) in [5.41, 5.74) is -0.526. The zero-order valence-corrected chi connectivity index (χ0v) is 19.7. The number of hydrogen-bond donors (Lipinski definition) is 1. The summed E-state index contributed by atoms with van der Waals surface area (Å²) < 4.78 is 75.3. The molecule has 1 aliphatic rings. The number of nitrogens with zero attached hydrogens (tertiary/aromatic N) is 4. The Labute approximate surface area is 208 Å². The molecule has 2 aromatic heterocycles. The van der Waals surface area contributed by atoms with Crippen molar-refractivity contribution < 1.29 is 31.8 Å². The topological polar surface area (TPSA) is 62.9 Å². The predicted octanol–water partition coefficient (Wildman–Crippen LogP) is 5.99. The van der Waals surface area contributed by atoms with Crippen molar-refractivity contribution in [3.63, 3.8) is 0 Å². The molecule has 3 heterocycles. The van der Waals surface area contributed by atoms with E-state index in [4.69, 9.17) is 4.74 Å². The first-order chi connectivity index (χ1) is 17.7. The van der Waals surface area contributed by atoms with E-state index in [1.54, 1.807) is 24.3 Å². The van der Waals surface area contributed by atoms with Crippen molar-refractivity contribution in [2.24, 2.45) is 0 Å². The second kappa shape index (κ2) is 9.62. The van der Waals surface area contributed by atoms with E-state index in [-0.39, 0.29) is 35.1 Å². The van der Waals surface area contributed by atoms with E-state index >= 15 is 0 Å². The van der Waals surface area contributed by atoms with Crippen LogP contribution in [0.25, 0.3) is 28.0 Å². The van der Waals surface area contributed by atoms with Crippen molar-refractivity contribution in [2.75, 3.05) is 25.2 Å². The van der Waals surface area contributed by atoms with Gasteiger partial charge in [-0.3, -0.25) is 0 Å². The quantitative estimate of drug-likeness (QED) is 0.318. The first-order valence-electron chi connectivity index (χ1n) is 11.6. The summed E-state index contributed by atoms with van der Waals surface area (Å²) >= 11 is 0. The molecule has 4 aromatic rings. The lowest BCUT2D eigenvalue weighted by Gasteiger charge is -2.25. The van der Waals surface area contributed by atoms with Crippen LogP contribution in [-0.4, -0.2) is 46.0 Å². The van der Waals surface area contributed by atoms with Crippen LogP contribution < -0.4 is 9.64 Å². The van der Waals surface area contributed by atoms with Gasteiger partial charge < -0.3 is 14.7 Å². The van der Waals surface area contributed by atoms with Crippen LogP contribution in [-0.2, 0) is 6.18 Å². The Morgan fingerprint density at radius 2 is 1.84 bits per heavy atom. The molecule has 1 saturated heterocycles. The van der Waals surface area contributed by atoms with Gasteiger partial charge in [0.25, 0.3) is 6.43 Å². The van der Waals surface area contributed by atoms with E-state index in [0.717, 1.165) is 18.6 Å². The molecule has 37 heavy (non-hydrogen) atoms. The van der Waals surface area contributed by atoms with Crippen LogP contribution in [0.2, 0.25) is 0 Å². The SMILES string of the molecule is COc1ccc(-c2c(C(F)F)nn3c(-c4cccc(C(F)(F)F)c4)cc(N4CCCC4CO)nc23)cc1. The van der Waals surface area contributed by atoms with Crippen molar-refractivity contribution in [2.45, 2.75) is 31.5 Å². The first kappa shape index (κ1) is 24.9. The lowest BCUT2D eigenvalue weighted by atomic mass is 10.0. The van der Waals surface area contributed by atoms with Crippen LogP contribution in [0.5, 0.6) is 5.75 Å². The lowest BCUT2D eigenvalue weighted by molar-refractivity contribution is -0.137. The number of anilines is 1. The number of aliphatic hydroxyl groups excluding tert-OH is 1. The van der Waals surface area contributed by atoms with Gasteiger partial charge in [0.15, 0.2) is 5.65 Å². The van der Waals surface area contributed by atoms with Crippen molar-refractivity contribution in [3.8, 4) is 28.1 Å². The molecule has 1 unspecified atom stereocenters. The number of aliphatic hydroxyl groups is 1.